The molecule has 2 aromatic heterocycles. The summed E-state index contributed by atoms with van der Waals surface area (Å²) in [5, 5.41) is 2.06. The lowest BCUT2D eigenvalue weighted by Crippen LogP contribution is -2.27. The summed E-state index contributed by atoms with van der Waals surface area (Å²) in [6.07, 6.45) is 0. The summed E-state index contributed by atoms with van der Waals surface area (Å²) < 4.78 is 4.55. The molecule has 0 saturated carbocycles. The maximum absolute atomic E-state index is 11.9. The maximum atomic E-state index is 11.9. The van der Waals surface area contributed by atoms with Crippen molar-refractivity contribution in [3.63, 3.8) is 0 Å². The van der Waals surface area contributed by atoms with Gasteiger partial charge in [-0.15, -0.1) is 0 Å². The smallest absolute Gasteiger partial charge is 0.223 e. The minimum Gasteiger partial charge on any atom is -0.412 e. The summed E-state index contributed by atoms with van der Waals surface area (Å²) in [5.74, 6) is 2.17. The van der Waals surface area contributed by atoms with Gasteiger partial charge in [0.2, 0.25) is 23.6 Å². The van der Waals surface area contributed by atoms with Gasteiger partial charge in [-0.1, -0.05) is 72.1 Å². The molecule has 0 spiro atoms. The van der Waals surface area contributed by atoms with E-state index in [0.29, 0.717) is 26.2 Å². The number of amides is 4. The highest BCUT2D eigenvalue weighted by Crippen LogP contribution is 2.41. The van der Waals surface area contributed by atoms with Crippen LogP contribution in [-0.4, -0.2) is 85.9 Å². The zero-order valence-corrected chi connectivity index (χ0v) is 40.1. The van der Waals surface area contributed by atoms with Gasteiger partial charge in [0, 0.05) is 123 Å². The van der Waals surface area contributed by atoms with Gasteiger partial charge in [-0.2, -0.15) is 0 Å². The Morgan fingerprint density at radius 3 is 0.923 bits per heavy atom. The average Bonchev–Trinajstić information content (AvgIpc) is 4.08. The number of imidazole rings is 2. The first-order chi connectivity index (χ1) is 30.9. The number of aromatic nitrogens is 4. The van der Waals surface area contributed by atoms with Gasteiger partial charge in [0.1, 0.15) is 0 Å². The minimum atomic E-state index is 0. The van der Waals surface area contributed by atoms with Crippen LogP contribution in [0.4, 0.5) is 22.7 Å². The van der Waals surface area contributed by atoms with Gasteiger partial charge in [0.15, 0.2) is 10.3 Å². The van der Waals surface area contributed by atoms with Crippen LogP contribution in [0.25, 0.3) is 45.0 Å². The second-order valence-electron chi connectivity index (χ2n) is 15.4. The fraction of sp³-hybridized carbons (Fsp3) is 0.320. The molecule has 4 heterocycles. The summed E-state index contributed by atoms with van der Waals surface area (Å²) in [7, 11) is 0. The third-order valence-electron chi connectivity index (χ3n) is 11.6. The predicted octanol–water partition coefficient (Wildman–Crippen LogP) is 9.31. The fourth-order valence-corrected chi connectivity index (χ4v) is 10.4. The van der Waals surface area contributed by atoms with Gasteiger partial charge in [0.05, 0.1) is 22.8 Å². The van der Waals surface area contributed by atoms with Crippen LogP contribution in [0, 0.1) is 0 Å². The first-order valence-corrected chi connectivity index (χ1v) is 23.9. The molecule has 4 amide bonds. The molecule has 2 aliphatic heterocycles. The molecule has 0 bridgehead atoms. The number of thioether (sulfide) groups is 2. The van der Waals surface area contributed by atoms with E-state index in [0.717, 1.165) is 103 Å². The zero-order chi connectivity index (χ0) is 45.7. The molecule has 13 nitrogen and oxygen atoms in total. The van der Waals surface area contributed by atoms with Crippen molar-refractivity contribution in [3.8, 4) is 45.0 Å². The van der Waals surface area contributed by atoms with Crippen LogP contribution in [0.5, 0.6) is 0 Å². The molecule has 0 unspecified atom stereocenters. The van der Waals surface area contributed by atoms with Crippen LogP contribution in [0.2, 0.25) is 0 Å². The predicted molar refractivity (Wildman–Crippen MR) is 266 cm³/mol. The van der Waals surface area contributed by atoms with E-state index >= 15 is 0 Å². The summed E-state index contributed by atoms with van der Waals surface area (Å²) in [6, 6.07) is 32.4. The molecule has 65 heavy (non-hydrogen) atoms. The molecule has 0 radical (unpaired) electrons. The highest BCUT2D eigenvalue weighted by Gasteiger charge is 2.26. The summed E-state index contributed by atoms with van der Waals surface area (Å²) in [6.45, 7) is 18.6. The molecule has 0 atom stereocenters. The lowest BCUT2D eigenvalue weighted by molar-refractivity contribution is -0.117. The molecule has 6 aromatic rings. The quantitative estimate of drug-likeness (QED) is 0.118. The molecule has 0 aliphatic carbocycles. The third-order valence-corrected chi connectivity index (χ3v) is 13.5. The Morgan fingerprint density at radius 1 is 0.446 bits per heavy atom. The van der Waals surface area contributed by atoms with Crippen LogP contribution in [-0.2, 0) is 32.3 Å². The van der Waals surface area contributed by atoms with E-state index in [1.54, 1.807) is 70.8 Å². The van der Waals surface area contributed by atoms with E-state index in [1.165, 1.54) is 0 Å². The SMILES string of the molecule is CCN(C(C)=O)c1ccc(-c2nc3n(c2-c2ccc(N(CC)C(C)=O)cc2)CCS3)cc1.CCN(C(C)=O)c1ccc(-c2nc3n(c2-c2ccc(N(CC)C(C)=O)cc2)CCS3)cc1.O. The van der Waals surface area contributed by atoms with E-state index in [1.807, 2.05) is 100 Å². The van der Waals surface area contributed by atoms with Crippen LogP contribution >= 0.6 is 23.5 Å². The number of hydrogen-bond acceptors (Lipinski definition) is 8. The highest BCUT2D eigenvalue weighted by molar-refractivity contribution is 7.99. The van der Waals surface area contributed by atoms with Gasteiger partial charge in [-0.25, -0.2) is 9.97 Å². The second kappa shape index (κ2) is 21.2. The first kappa shape index (κ1) is 48.3. The van der Waals surface area contributed by atoms with E-state index in [4.69, 9.17) is 9.97 Å². The van der Waals surface area contributed by atoms with Gasteiger partial charge >= 0.3 is 0 Å². The Bertz CT molecular complexity index is 2460. The lowest BCUT2D eigenvalue weighted by atomic mass is 10.0. The average molecular weight is 915 g/mol. The standard InChI is InChI=1S/2C25H28N4O2S.H2O/c2*1-5-27(17(3)30)21-11-7-19(8-12-21)23-24(29-15-16-32-25(29)26-23)20-9-13-22(14-10-20)28(6-2)18(4)31;/h2*7-14H,5-6,15-16H2,1-4H3;1H2. The summed E-state index contributed by atoms with van der Waals surface area (Å²) >= 11 is 3.54. The molecule has 2 N–H and O–H groups in total. The molecular weight excluding hydrogens is 857 g/mol. The summed E-state index contributed by atoms with van der Waals surface area (Å²) in [4.78, 5) is 64.5. The molecule has 0 fully saturated rings. The van der Waals surface area contributed by atoms with E-state index in [2.05, 4.69) is 33.4 Å². The number of benzene rings is 4. The highest BCUT2D eigenvalue weighted by atomic mass is 32.2. The van der Waals surface area contributed by atoms with Crippen molar-refractivity contribution in [3.05, 3.63) is 97.1 Å². The Labute approximate surface area is 390 Å². The number of carbonyl (C=O) groups is 4. The number of hydrogen-bond donors (Lipinski definition) is 0. The van der Waals surface area contributed by atoms with Gasteiger partial charge in [-0.05, 0) is 76.2 Å². The number of anilines is 4. The van der Waals surface area contributed by atoms with Crippen molar-refractivity contribution in [2.75, 3.05) is 57.3 Å². The van der Waals surface area contributed by atoms with Crippen molar-refractivity contribution in [1.82, 2.24) is 19.1 Å². The van der Waals surface area contributed by atoms with Crippen LogP contribution in [0.1, 0.15) is 55.4 Å². The number of fused-ring (bicyclic) bond motifs is 2. The van der Waals surface area contributed by atoms with E-state index in [-0.39, 0.29) is 29.1 Å². The molecule has 8 rings (SSSR count). The molecule has 2 aliphatic rings. The van der Waals surface area contributed by atoms with Gasteiger partial charge < -0.3 is 34.2 Å². The van der Waals surface area contributed by atoms with Crippen molar-refractivity contribution < 1.29 is 24.7 Å². The van der Waals surface area contributed by atoms with Crippen molar-refractivity contribution >= 4 is 69.9 Å². The zero-order valence-electron chi connectivity index (χ0n) is 38.4. The van der Waals surface area contributed by atoms with Gasteiger partial charge in [-0.3, -0.25) is 19.2 Å². The van der Waals surface area contributed by atoms with Crippen LogP contribution in [0.15, 0.2) is 107 Å². The normalized spacial score (nSPS) is 12.3. The molecule has 4 aromatic carbocycles. The minimum absolute atomic E-state index is 0. The molecule has 340 valence electrons. The molecular formula is C50H58N8O5S2. The Morgan fingerprint density at radius 2 is 0.692 bits per heavy atom. The fourth-order valence-electron chi connectivity index (χ4n) is 8.49. The van der Waals surface area contributed by atoms with E-state index < -0.39 is 0 Å². The lowest BCUT2D eigenvalue weighted by Gasteiger charge is -2.20. The van der Waals surface area contributed by atoms with Gasteiger partial charge in [0.25, 0.3) is 0 Å². The van der Waals surface area contributed by atoms with Crippen molar-refractivity contribution in [2.24, 2.45) is 0 Å². The van der Waals surface area contributed by atoms with Crippen molar-refractivity contribution in [1.29, 1.82) is 0 Å². The topological polar surface area (TPSA) is 148 Å². The van der Waals surface area contributed by atoms with Crippen LogP contribution < -0.4 is 19.6 Å². The Balaban J connectivity index is 0.000000212. The Kier molecular flexibility index (Phi) is 15.8. The number of carbonyl (C=O) groups excluding carboxylic acids is 4. The molecule has 0 saturated heterocycles. The van der Waals surface area contributed by atoms with Crippen LogP contribution in [0.3, 0.4) is 0 Å². The second-order valence-corrected chi connectivity index (χ2v) is 17.5. The monoisotopic (exact) mass is 914 g/mol. The first-order valence-electron chi connectivity index (χ1n) is 21.9. The van der Waals surface area contributed by atoms with Crippen molar-refractivity contribution in [2.45, 2.75) is 78.8 Å². The largest absolute Gasteiger partial charge is 0.412 e. The molecule has 15 heteroatoms. The summed E-state index contributed by atoms with van der Waals surface area (Å²) in [5.41, 5.74) is 11.8. The maximum Gasteiger partial charge on any atom is 0.223 e. The Hall–Kier alpha value is -6.16. The number of nitrogens with zero attached hydrogens (tertiary/aromatic N) is 8. The third kappa shape index (κ3) is 10.1. The van der Waals surface area contributed by atoms with E-state index in [9.17, 15) is 19.2 Å². The number of rotatable bonds is 12.